The van der Waals surface area contributed by atoms with Crippen LogP contribution in [0.2, 0.25) is 0 Å². The van der Waals surface area contributed by atoms with Gasteiger partial charge in [0.2, 0.25) is 0 Å². The summed E-state index contributed by atoms with van der Waals surface area (Å²) in [6, 6.07) is 8.42. The molecule has 1 heteroatoms. The summed E-state index contributed by atoms with van der Waals surface area (Å²) >= 11 is 0. The van der Waals surface area contributed by atoms with Crippen molar-refractivity contribution in [3.05, 3.63) is 35.4 Å². The fraction of sp³-hybridized carbons (Fsp3) is 0.625. The molecule has 0 heterocycles. The van der Waals surface area contributed by atoms with Crippen LogP contribution in [0.4, 0.5) is 0 Å². The van der Waals surface area contributed by atoms with Crippen LogP contribution in [0.25, 0.3) is 0 Å². The maximum Gasteiger partial charge on any atom is 0.0818 e. The van der Waals surface area contributed by atoms with Crippen molar-refractivity contribution in [2.24, 2.45) is 5.92 Å². The minimum Gasteiger partial charge on any atom is -0.388 e. The molecule has 0 saturated heterocycles. The maximum absolute atomic E-state index is 10.4. The van der Waals surface area contributed by atoms with Gasteiger partial charge in [-0.25, -0.2) is 0 Å². The van der Waals surface area contributed by atoms with Crippen LogP contribution in [0, 0.1) is 5.92 Å². The van der Waals surface area contributed by atoms with Crippen LogP contribution in [0.1, 0.15) is 63.7 Å². The van der Waals surface area contributed by atoms with Crippen LogP contribution in [0.5, 0.6) is 0 Å². The summed E-state index contributed by atoms with van der Waals surface area (Å²) < 4.78 is 0. The first-order chi connectivity index (χ1) is 8.22. The van der Waals surface area contributed by atoms with Crippen molar-refractivity contribution in [3.63, 3.8) is 0 Å². The zero-order chi connectivity index (χ0) is 12.7. The van der Waals surface area contributed by atoms with Gasteiger partial charge in [-0.3, -0.25) is 0 Å². The monoisotopic (exact) mass is 234 g/mol. The van der Waals surface area contributed by atoms with E-state index in [0.29, 0.717) is 5.92 Å². The molecule has 0 radical (unpaired) electrons. The highest BCUT2D eigenvalue weighted by molar-refractivity contribution is 5.24. The zero-order valence-electron chi connectivity index (χ0n) is 11.4. The summed E-state index contributed by atoms with van der Waals surface area (Å²) in [5, 5.41) is 10.4. The smallest absolute Gasteiger partial charge is 0.0818 e. The molecule has 0 bridgehead atoms. The zero-order valence-corrected chi connectivity index (χ0v) is 11.4. The summed E-state index contributed by atoms with van der Waals surface area (Å²) in [6.07, 6.45) is 5.36. The van der Waals surface area contributed by atoms with Crippen LogP contribution in [0.3, 0.4) is 0 Å². The molecule has 0 aliphatic carbocycles. The van der Waals surface area contributed by atoms with Crippen molar-refractivity contribution in [1.29, 1.82) is 0 Å². The molecule has 0 saturated carbocycles. The van der Waals surface area contributed by atoms with E-state index in [1.807, 2.05) is 0 Å². The first-order valence-electron chi connectivity index (χ1n) is 6.99. The van der Waals surface area contributed by atoms with Gasteiger partial charge >= 0.3 is 0 Å². The molecule has 96 valence electrons. The molecule has 1 N–H and O–H groups in total. The summed E-state index contributed by atoms with van der Waals surface area (Å²) in [6.45, 7) is 6.53. The number of unbranched alkanes of at least 4 members (excludes halogenated alkanes) is 1. The van der Waals surface area contributed by atoms with Crippen LogP contribution >= 0.6 is 0 Å². The van der Waals surface area contributed by atoms with Gasteiger partial charge in [-0.2, -0.15) is 0 Å². The van der Waals surface area contributed by atoms with E-state index in [0.717, 1.165) is 24.8 Å². The third-order valence-electron chi connectivity index (χ3n) is 3.63. The Morgan fingerprint density at radius 3 is 2.18 bits per heavy atom. The highest BCUT2D eigenvalue weighted by Crippen LogP contribution is 2.28. The number of aliphatic hydroxyl groups is 1. The molecule has 17 heavy (non-hydrogen) atoms. The maximum atomic E-state index is 10.4. The molecule has 2 atom stereocenters. The molecule has 0 aromatic heterocycles. The quantitative estimate of drug-likeness (QED) is 0.736. The topological polar surface area (TPSA) is 20.2 Å². The molecule has 0 aliphatic heterocycles. The number of hydrogen-bond donors (Lipinski definition) is 1. The summed E-state index contributed by atoms with van der Waals surface area (Å²) in [5.41, 5.74) is 2.41. The normalized spacial score (nSPS) is 14.6. The van der Waals surface area contributed by atoms with Crippen LogP contribution in [0.15, 0.2) is 24.3 Å². The molecule has 1 aromatic carbocycles. The average molecular weight is 234 g/mol. The molecule has 0 spiro atoms. The molecule has 0 fully saturated rings. The minimum atomic E-state index is -0.294. The Hall–Kier alpha value is -0.820. The Bertz CT molecular complexity index is 302. The Morgan fingerprint density at radius 1 is 1.06 bits per heavy atom. The molecule has 1 nitrogen and oxygen atoms in total. The number of aryl methyl sites for hydroxylation is 1. The van der Waals surface area contributed by atoms with E-state index >= 15 is 0 Å². The highest BCUT2D eigenvalue weighted by atomic mass is 16.3. The lowest BCUT2D eigenvalue weighted by molar-refractivity contribution is 0.0989. The van der Waals surface area contributed by atoms with Gasteiger partial charge in [-0.1, -0.05) is 64.3 Å². The van der Waals surface area contributed by atoms with E-state index in [1.54, 1.807) is 0 Å². The summed E-state index contributed by atoms with van der Waals surface area (Å²) in [5.74, 6) is 0.405. The summed E-state index contributed by atoms with van der Waals surface area (Å²) in [7, 11) is 0. The van der Waals surface area contributed by atoms with E-state index in [2.05, 4.69) is 45.0 Å². The first-order valence-corrected chi connectivity index (χ1v) is 6.99. The minimum absolute atomic E-state index is 0.294. The van der Waals surface area contributed by atoms with E-state index in [1.165, 1.54) is 18.4 Å². The lowest BCUT2D eigenvalue weighted by Gasteiger charge is -2.22. The van der Waals surface area contributed by atoms with Gasteiger partial charge < -0.3 is 5.11 Å². The predicted molar refractivity (Wildman–Crippen MR) is 74.1 cm³/mol. The van der Waals surface area contributed by atoms with E-state index in [9.17, 15) is 5.11 Å². The van der Waals surface area contributed by atoms with Gasteiger partial charge in [-0.15, -0.1) is 0 Å². The van der Waals surface area contributed by atoms with E-state index in [4.69, 9.17) is 0 Å². The molecule has 0 aliphatic rings. The second kappa shape index (κ2) is 7.50. The van der Waals surface area contributed by atoms with Gasteiger partial charge in [0.25, 0.3) is 0 Å². The van der Waals surface area contributed by atoms with Gasteiger partial charge in [0, 0.05) is 0 Å². The second-order valence-electron chi connectivity index (χ2n) is 4.85. The second-order valence-corrected chi connectivity index (χ2v) is 4.85. The third-order valence-corrected chi connectivity index (χ3v) is 3.63. The lowest BCUT2D eigenvalue weighted by atomic mass is 9.89. The van der Waals surface area contributed by atoms with Crippen LogP contribution in [-0.4, -0.2) is 5.11 Å². The lowest BCUT2D eigenvalue weighted by Crippen LogP contribution is -2.12. The SMILES string of the molecule is CCCCC(CC)C(O)c1ccc(CC)cc1. The fourth-order valence-corrected chi connectivity index (χ4v) is 2.27. The largest absolute Gasteiger partial charge is 0.388 e. The molecule has 1 rings (SSSR count). The van der Waals surface area contributed by atoms with E-state index < -0.39 is 0 Å². The van der Waals surface area contributed by atoms with Crippen LogP contribution < -0.4 is 0 Å². The van der Waals surface area contributed by atoms with Crippen molar-refractivity contribution >= 4 is 0 Å². The third kappa shape index (κ3) is 4.16. The first kappa shape index (κ1) is 14.2. The van der Waals surface area contributed by atoms with Gasteiger partial charge in [0.15, 0.2) is 0 Å². The van der Waals surface area contributed by atoms with Crippen molar-refractivity contribution in [3.8, 4) is 0 Å². The predicted octanol–water partition coefficient (Wildman–Crippen LogP) is 4.50. The highest BCUT2D eigenvalue weighted by Gasteiger charge is 2.18. The Labute approximate surface area is 106 Å². The number of hydrogen-bond acceptors (Lipinski definition) is 1. The summed E-state index contributed by atoms with van der Waals surface area (Å²) in [4.78, 5) is 0. The molecular formula is C16H26O. The molecule has 1 aromatic rings. The average Bonchev–Trinajstić information content (AvgIpc) is 2.39. The Morgan fingerprint density at radius 2 is 1.71 bits per heavy atom. The molecular weight excluding hydrogens is 208 g/mol. The van der Waals surface area contributed by atoms with Gasteiger partial charge in [-0.05, 0) is 29.9 Å². The molecule has 0 amide bonds. The standard InChI is InChI=1S/C16H26O/c1-4-7-8-14(6-3)16(17)15-11-9-13(5-2)10-12-15/h9-12,14,16-17H,4-8H2,1-3H3. The van der Waals surface area contributed by atoms with Crippen LogP contribution in [-0.2, 0) is 6.42 Å². The van der Waals surface area contributed by atoms with Gasteiger partial charge in [0.05, 0.1) is 6.10 Å². The Balaban J connectivity index is 2.67. The fourth-order valence-electron chi connectivity index (χ4n) is 2.27. The number of aliphatic hydroxyl groups excluding tert-OH is 1. The number of rotatable bonds is 7. The van der Waals surface area contributed by atoms with Crippen molar-refractivity contribution in [2.45, 2.75) is 59.0 Å². The number of benzene rings is 1. The molecule has 2 unspecified atom stereocenters. The van der Waals surface area contributed by atoms with Gasteiger partial charge in [0.1, 0.15) is 0 Å². The van der Waals surface area contributed by atoms with Crippen molar-refractivity contribution in [1.82, 2.24) is 0 Å². The van der Waals surface area contributed by atoms with Crippen molar-refractivity contribution < 1.29 is 5.11 Å². The van der Waals surface area contributed by atoms with E-state index in [-0.39, 0.29) is 6.10 Å². The van der Waals surface area contributed by atoms with Crippen molar-refractivity contribution in [2.75, 3.05) is 0 Å². The Kier molecular flexibility index (Phi) is 6.28.